The van der Waals surface area contributed by atoms with Crippen molar-refractivity contribution in [2.24, 2.45) is 28.2 Å². The van der Waals surface area contributed by atoms with Crippen LogP contribution in [-0.4, -0.2) is 60.9 Å². The van der Waals surface area contributed by atoms with Crippen LogP contribution in [-0.2, 0) is 28.2 Å². The highest BCUT2D eigenvalue weighted by Crippen LogP contribution is 2.46. The molecule has 0 fully saturated rings. The fourth-order valence-electron chi connectivity index (χ4n) is 16.1. The van der Waals surface area contributed by atoms with Crippen molar-refractivity contribution >= 4 is 186 Å². The molecular formula is C100H91N11O9S+4. The molecule has 20 nitrogen and oxygen atoms in total. The van der Waals surface area contributed by atoms with Gasteiger partial charge in [-0.05, 0) is 120 Å². The number of ketones is 4. The standard InChI is InChI=1S/C19H17N2O.C19H17N2S.C16H8O4.C14H13N3.C14H6N2O4.C14H12N2.4CH4/c2*1-20-12-11-14(15-7-3-4-8-16(15)20)13-19-21(2)17-9-5-6-10-18(17)22-19;17-11-5-13(19)9-3-4-10-14(20)6-12(18)8-2-1-7(11)15(9)16(8)10;1-17-13-7-11(15)4-2-9(13)6-10-3-5-12(16)8-14(10)17;17-11-5-1-2-6-10-8(14(20)16-12(6)18)4-3-7(9(5)10)13(19)15-11;1-16-12-8-4-2-6-10(12)14(15)11-7-3-5-9-13(11)16;;;;/h2*3-13H,1-2H3;1-4H,5-6H2;2-8H,1H3,(H3,15,16);1-4H,(H,15,17,19)(H,16,18,20);2-9,15H,1H3;4*1H4/q2*+1;;;;;;;;/p+2. The third-order valence-corrected chi connectivity index (χ3v) is 23.3. The van der Waals surface area contributed by atoms with Crippen LogP contribution in [0, 0.1) is 0 Å². The monoisotopic (exact) mass is 1620 g/mol. The average molecular weight is 1620 g/mol. The summed E-state index contributed by atoms with van der Waals surface area (Å²) in [5, 5.41) is 14.5. The molecule has 0 unspecified atom stereocenters. The third kappa shape index (κ3) is 15.1. The molecular weight excluding hydrogens is 1530 g/mol. The van der Waals surface area contributed by atoms with E-state index in [-0.39, 0.29) is 65.7 Å². The number of para-hydroxylation sites is 7. The van der Waals surface area contributed by atoms with Crippen LogP contribution in [0.5, 0.6) is 5.75 Å². The SMILES string of the molecule is C.C.C.C.CN1C(=Cc2cc[n+](C)c3ccccc23)Oc2ccccc21.CN1C(=Cc2cc[n+](C)c3ccccc23)Sc2ccccc21.C[n+]1c2cc(N)ccc2cc2ccc(N)cc21.C[n+]1c2ccccc2c(N)c2ccccc21.O=C1CC(=O)c2ccc3c4c(ccc1c24)C(=O)CC3=O.O=C1NC(=O)c2ccc3c4c(ccc1c24)C(=O)NC3=O. The molecule has 0 saturated heterocycles. The molecule has 21 heteroatoms. The number of carbonyl (C=O) groups is 8. The summed E-state index contributed by atoms with van der Waals surface area (Å²) in [5.74, 6) is -1.35. The molecule has 2 aliphatic carbocycles. The molecule has 8 heterocycles. The highest BCUT2D eigenvalue weighted by Gasteiger charge is 2.36. The van der Waals surface area contributed by atoms with Crippen molar-refractivity contribution in [1.29, 1.82) is 0 Å². The quantitative estimate of drug-likeness (QED) is 0.0354. The number of pyridine rings is 4. The van der Waals surface area contributed by atoms with Gasteiger partial charge in [0.05, 0.1) is 56.5 Å². The Bertz CT molecular complexity index is 6430. The van der Waals surface area contributed by atoms with E-state index in [2.05, 4.69) is 213 Å². The Hall–Kier alpha value is -15.1. The van der Waals surface area contributed by atoms with Gasteiger partial charge in [-0.2, -0.15) is 9.13 Å². The number of hydrogen-bond acceptors (Lipinski definition) is 15. The van der Waals surface area contributed by atoms with E-state index in [0.29, 0.717) is 66.1 Å². The number of anilines is 5. The van der Waals surface area contributed by atoms with E-state index in [9.17, 15) is 38.4 Å². The molecule has 121 heavy (non-hydrogen) atoms. The Morgan fingerprint density at radius 1 is 0.364 bits per heavy atom. The lowest BCUT2D eigenvalue weighted by atomic mass is 9.79. The van der Waals surface area contributed by atoms with E-state index in [1.165, 1.54) is 89.1 Å². The molecule has 0 spiro atoms. The summed E-state index contributed by atoms with van der Waals surface area (Å²) in [4.78, 5) is 101. The van der Waals surface area contributed by atoms with Crippen LogP contribution in [0.3, 0.4) is 0 Å². The number of aromatic nitrogens is 4. The van der Waals surface area contributed by atoms with Gasteiger partial charge >= 0.3 is 0 Å². The number of nitrogens with zero attached hydrogens (tertiary/aromatic N) is 6. The van der Waals surface area contributed by atoms with E-state index in [0.717, 1.165) is 61.8 Å². The maximum Gasteiger partial charge on any atom is 0.258 e. The number of carbonyl (C=O) groups excluding carboxylic acids is 8. The molecule has 0 radical (unpaired) electrons. The largest absolute Gasteiger partial charge is 0.439 e. The summed E-state index contributed by atoms with van der Waals surface area (Å²) < 4.78 is 14.6. The summed E-state index contributed by atoms with van der Waals surface area (Å²) in [6.07, 6.45) is 8.29. The van der Waals surface area contributed by atoms with Gasteiger partial charge in [-0.1, -0.05) is 139 Å². The van der Waals surface area contributed by atoms with Crippen molar-refractivity contribution in [2.45, 2.75) is 47.4 Å². The van der Waals surface area contributed by atoms with Gasteiger partial charge in [-0.15, -0.1) is 0 Å². The first-order chi connectivity index (χ1) is 56.6. The molecule has 8 N–H and O–H groups in total. The van der Waals surface area contributed by atoms with E-state index >= 15 is 0 Å². The first kappa shape index (κ1) is 83.8. The Kier molecular flexibility index (Phi) is 23.5. The van der Waals surface area contributed by atoms with Crippen molar-refractivity contribution in [3.05, 3.63) is 328 Å². The zero-order chi connectivity index (χ0) is 81.4. The normalized spacial score (nSPS) is 14.1. The number of hydrogen-bond donors (Lipinski definition) is 5. The van der Waals surface area contributed by atoms with E-state index in [4.69, 9.17) is 21.9 Å². The van der Waals surface area contributed by atoms with Crippen LogP contribution < -0.4 is 60.6 Å². The van der Waals surface area contributed by atoms with Crippen molar-refractivity contribution in [3.8, 4) is 5.75 Å². The predicted molar refractivity (Wildman–Crippen MR) is 486 cm³/mol. The number of ether oxygens (including phenoxy) is 1. The predicted octanol–water partition coefficient (Wildman–Crippen LogP) is 17.6. The number of amides is 4. The number of aryl methyl sites for hydroxylation is 4. The van der Waals surface area contributed by atoms with Crippen LogP contribution >= 0.6 is 11.8 Å². The second kappa shape index (κ2) is 33.9. The van der Waals surface area contributed by atoms with Gasteiger partial charge in [0.25, 0.3) is 23.6 Å². The van der Waals surface area contributed by atoms with Gasteiger partial charge in [-0.3, -0.25) is 49.0 Å². The van der Waals surface area contributed by atoms with Gasteiger partial charge in [-0.25, -0.2) is 9.13 Å². The second-order valence-electron chi connectivity index (χ2n) is 29.1. The Morgan fingerprint density at radius 3 is 1.15 bits per heavy atom. The van der Waals surface area contributed by atoms with Gasteiger partial charge in [0.2, 0.25) is 39.0 Å². The first-order valence-electron chi connectivity index (χ1n) is 37.7. The molecule has 602 valence electrons. The maximum atomic E-state index is 12.0. The van der Waals surface area contributed by atoms with Crippen LogP contribution in [0.25, 0.3) is 99.1 Å². The topological polar surface area (TPSA) is 270 Å². The number of imide groups is 2. The van der Waals surface area contributed by atoms with Crippen LogP contribution in [0.1, 0.15) is 137 Å². The van der Waals surface area contributed by atoms with Crippen molar-refractivity contribution in [3.63, 3.8) is 0 Å². The van der Waals surface area contributed by atoms with Crippen LogP contribution in [0.15, 0.2) is 277 Å². The minimum absolute atomic E-state index is 0. The molecule has 4 aliphatic heterocycles. The lowest BCUT2D eigenvalue weighted by Crippen LogP contribution is -2.38. The van der Waals surface area contributed by atoms with Crippen LogP contribution in [0.2, 0.25) is 0 Å². The zero-order valence-corrected chi connectivity index (χ0v) is 65.2. The van der Waals surface area contributed by atoms with Crippen LogP contribution in [0.4, 0.5) is 28.4 Å². The van der Waals surface area contributed by atoms with Crippen molar-refractivity contribution in [1.82, 2.24) is 10.6 Å². The fourth-order valence-corrected chi connectivity index (χ4v) is 17.2. The molecule has 6 aliphatic rings. The molecule has 12 aromatic carbocycles. The number of nitrogen functional groups attached to an aromatic ring is 3. The molecule has 22 rings (SSSR count). The molecule has 0 atom stereocenters. The smallest absolute Gasteiger partial charge is 0.258 e. The molecule has 16 aromatic rings. The van der Waals surface area contributed by atoms with E-state index < -0.39 is 23.6 Å². The summed E-state index contributed by atoms with van der Waals surface area (Å²) in [7, 11) is 12.4. The van der Waals surface area contributed by atoms with Gasteiger partial charge in [0, 0.05) is 162 Å². The first-order valence-corrected chi connectivity index (χ1v) is 38.5. The molecule has 4 aromatic heterocycles. The third-order valence-electron chi connectivity index (χ3n) is 22.1. The summed E-state index contributed by atoms with van der Waals surface area (Å²) in [5.41, 5.74) is 35.0. The average Bonchev–Trinajstić information content (AvgIpc) is 1.17. The molecule has 0 bridgehead atoms. The maximum absolute atomic E-state index is 12.0. The minimum atomic E-state index is -0.523. The molecule has 4 amide bonds. The number of Topliss-reactive ketones (excluding diaryl/α,β-unsaturated/α-hetero) is 4. The Balaban J connectivity index is 0.000000125. The summed E-state index contributed by atoms with van der Waals surface area (Å²) in [6.45, 7) is 0. The Labute approximate surface area is 704 Å². The van der Waals surface area contributed by atoms with Gasteiger partial charge < -0.3 is 31.7 Å². The number of rotatable bonds is 2. The number of thioether (sulfide) groups is 1. The lowest BCUT2D eigenvalue weighted by molar-refractivity contribution is -0.645. The summed E-state index contributed by atoms with van der Waals surface area (Å²) in [6, 6.07) is 80.7. The highest BCUT2D eigenvalue weighted by atomic mass is 32.2. The van der Waals surface area contributed by atoms with Crippen molar-refractivity contribution < 1.29 is 61.4 Å². The fraction of sp³-hybridized carbons (Fsp3) is 0.120. The molecule has 0 saturated carbocycles. The number of nitrogens with one attached hydrogen (secondary N) is 2. The van der Waals surface area contributed by atoms with E-state index in [1.807, 2.05) is 105 Å². The minimum Gasteiger partial charge on any atom is -0.439 e. The van der Waals surface area contributed by atoms with Crippen molar-refractivity contribution in [2.75, 3.05) is 41.1 Å². The van der Waals surface area contributed by atoms with E-state index in [1.54, 1.807) is 24.3 Å². The second-order valence-corrected chi connectivity index (χ2v) is 30.2. The zero-order valence-electron chi connectivity index (χ0n) is 64.4. The number of nitrogens with two attached hydrogens (primary N) is 3. The number of fused-ring (bicyclic) bond motifs is 8. The summed E-state index contributed by atoms with van der Waals surface area (Å²) >= 11 is 1.83. The van der Waals surface area contributed by atoms with Gasteiger partial charge in [0.15, 0.2) is 41.3 Å². The highest BCUT2D eigenvalue weighted by molar-refractivity contribution is 8.03. The number of benzene rings is 12. The van der Waals surface area contributed by atoms with Gasteiger partial charge in [0.1, 0.15) is 28.2 Å². The Morgan fingerprint density at radius 2 is 0.719 bits per heavy atom. The lowest BCUT2D eigenvalue weighted by Gasteiger charge is -2.22.